The number of hydrogen-bond acceptors (Lipinski definition) is 2. The summed E-state index contributed by atoms with van der Waals surface area (Å²) in [6.45, 7) is 6.94. The van der Waals surface area contributed by atoms with E-state index in [2.05, 4.69) is 24.4 Å². The van der Waals surface area contributed by atoms with Gasteiger partial charge in [0, 0.05) is 6.54 Å². The molecule has 0 fully saturated rings. The molecule has 0 amide bonds. The largest absolute Gasteiger partial charge is 0.495 e. The lowest BCUT2D eigenvalue weighted by atomic mass is 9.86. The Morgan fingerprint density at radius 3 is 3.06 bits per heavy atom. The van der Waals surface area contributed by atoms with Gasteiger partial charge < -0.3 is 10.1 Å². The molecule has 1 N–H and O–H groups in total. The van der Waals surface area contributed by atoms with Crippen LogP contribution in [0.15, 0.2) is 12.1 Å². The number of nitrogens with one attached hydrogen (secondary N) is 1. The summed E-state index contributed by atoms with van der Waals surface area (Å²) in [5.74, 6) is 1.35. The molecule has 1 unspecified atom stereocenters. The van der Waals surface area contributed by atoms with Gasteiger partial charge in [0.05, 0.1) is 6.61 Å². The highest BCUT2D eigenvalue weighted by Crippen LogP contribution is 2.24. The molecule has 3 heteroatoms. The molecule has 2 rings (SSSR count). The zero-order chi connectivity index (χ0) is 11.5. The van der Waals surface area contributed by atoms with Gasteiger partial charge in [0.15, 0.2) is 0 Å². The van der Waals surface area contributed by atoms with Gasteiger partial charge in [0.1, 0.15) is 13.6 Å². The third kappa shape index (κ3) is 2.24. The highest BCUT2D eigenvalue weighted by atomic mass is 16.5. The molecule has 1 aliphatic heterocycles. The summed E-state index contributed by atoms with van der Waals surface area (Å²) in [5.41, 5.74) is 3.50. The molecule has 1 atom stereocenters. The topological polar surface area (TPSA) is 21.3 Å². The van der Waals surface area contributed by atoms with Crippen LogP contribution in [0.2, 0.25) is 0 Å². The van der Waals surface area contributed by atoms with Gasteiger partial charge in [-0.2, -0.15) is 0 Å². The monoisotopic (exact) mass is 215 g/mol. The lowest BCUT2D eigenvalue weighted by Gasteiger charge is -2.16. The number of ether oxygens (including phenoxy) is 1. The molecule has 2 radical (unpaired) electrons. The van der Waals surface area contributed by atoms with Crippen molar-refractivity contribution >= 4 is 13.3 Å². The molecule has 1 aromatic rings. The van der Waals surface area contributed by atoms with Crippen molar-refractivity contribution in [2.24, 2.45) is 0 Å². The smallest absolute Gasteiger partial charge is 0.119 e. The first-order valence-electron chi connectivity index (χ1n) is 5.98. The van der Waals surface area contributed by atoms with Gasteiger partial charge in [0.25, 0.3) is 0 Å². The van der Waals surface area contributed by atoms with Crippen molar-refractivity contribution in [2.45, 2.75) is 26.2 Å². The van der Waals surface area contributed by atoms with E-state index in [-0.39, 0.29) is 0 Å². The van der Waals surface area contributed by atoms with E-state index in [4.69, 9.17) is 12.6 Å². The second-order valence-electron chi connectivity index (χ2n) is 4.38. The van der Waals surface area contributed by atoms with Gasteiger partial charge in [-0.15, -0.1) is 0 Å². The normalized spacial score (nSPS) is 20.0. The molecule has 0 saturated carbocycles. The number of hydrogen-bond donors (Lipinski definition) is 1. The molecule has 0 saturated heterocycles. The van der Waals surface area contributed by atoms with Crippen LogP contribution in [-0.2, 0) is 6.42 Å². The molecule has 2 nitrogen and oxygen atoms in total. The van der Waals surface area contributed by atoms with Crippen LogP contribution in [0.5, 0.6) is 5.75 Å². The van der Waals surface area contributed by atoms with E-state index in [1.165, 1.54) is 11.1 Å². The fourth-order valence-corrected chi connectivity index (χ4v) is 2.26. The Hall–Kier alpha value is -0.955. The standard InChI is InChI=1S/C13H18BNO/c1-3-16-13-6-10-4-5-15-8-9(2)11(10)7-12(13)14/h6-7,9,15H,3-5,8H2,1-2H3. The lowest BCUT2D eigenvalue weighted by Crippen LogP contribution is -2.18. The van der Waals surface area contributed by atoms with Crippen molar-refractivity contribution in [3.63, 3.8) is 0 Å². The Bertz CT molecular complexity index is 378. The van der Waals surface area contributed by atoms with Crippen LogP contribution in [-0.4, -0.2) is 27.5 Å². The average Bonchev–Trinajstić information content (AvgIpc) is 2.43. The minimum atomic E-state index is 0.524. The van der Waals surface area contributed by atoms with Gasteiger partial charge in [-0.3, -0.25) is 0 Å². The molecule has 0 aromatic heterocycles. The Kier molecular flexibility index (Phi) is 3.54. The minimum Gasteiger partial charge on any atom is -0.495 e. The number of rotatable bonds is 2. The summed E-state index contributed by atoms with van der Waals surface area (Å²) in [6.07, 6.45) is 1.06. The van der Waals surface area contributed by atoms with Crippen LogP contribution >= 0.6 is 0 Å². The zero-order valence-corrected chi connectivity index (χ0v) is 10.0. The Morgan fingerprint density at radius 2 is 2.31 bits per heavy atom. The first kappa shape index (κ1) is 11.5. The summed E-state index contributed by atoms with van der Waals surface area (Å²) >= 11 is 0. The minimum absolute atomic E-state index is 0.524. The van der Waals surface area contributed by atoms with Crippen LogP contribution < -0.4 is 15.5 Å². The number of benzene rings is 1. The first-order valence-corrected chi connectivity index (χ1v) is 5.98. The van der Waals surface area contributed by atoms with Crippen molar-refractivity contribution in [3.8, 4) is 5.75 Å². The third-order valence-electron chi connectivity index (χ3n) is 3.12. The summed E-state index contributed by atoms with van der Waals surface area (Å²) < 4.78 is 5.53. The molecular formula is C13H18BNO. The van der Waals surface area contributed by atoms with E-state index in [1.807, 2.05) is 6.92 Å². The Balaban J connectivity index is 2.40. The van der Waals surface area contributed by atoms with Crippen LogP contribution in [0.3, 0.4) is 0 Å². The summed E-state index contributed by atoms with van der Waals surface area (Å²) in [5, 5.41) is 3.43. The fourth-order valence-electron chi connectivity index (χ4n) is 2.26. The molecule has 16 heavy (non-hydrogen) atoms. The summed E-state index contributed by atoms with van der Waals surface area (Å²) in [6, 6.07) is 4.19. The molecule has 1 aromatic carbocycles. The SMILES string of the molecule is [B]c1cc2c(cc1OCC)CCNCC2C. The van der Waals surface area contributed by atoms with E-state index >= 15 is 0 Å². The summed E-state index contributed by atoms with van der Waals surface area (Å²) in [4.78, 5) is 0. The van der Waals surface area contributed by atoms with Gasteiger partial charge in [0.2, 0.25) is 0 Å². The third-order valence-corrected chi connectivity index (χ3v) is 3.12. The molecule has 1 heterocycles. The Labute approximate surface area is 98.8 Å². The zero-order valence-electron chi connectivity index (χ0n) is 10.0. The van der Waals surface area contributed by atoms with Crippen molar-refractivity contribution in [2.75, 3.05) is 19.7 Å². The van der Waals surface area contributed by atoms with Crippen molar-refractivity contribution in [1.82, 2.24) is 5.32 Å². The second-order valence-corrected chi connectivity index (χ2v) is 4.38. The van der Waals surface area contributed by atoms with Gasteiger partial charge in [-0.25, -0.2) is 0 Å². The maximum atomic E-state index is 6.00. The average molecular weight is 215 g/mol. The van der Waals surface area contributed by atoms with Crippen LogP contribution in [0.1, 0.15) is 30.9 Å². The lowest BCUT2D eigenvalue weighted by molar-refractivity contribution is 0.342. The molecule has 0 spiro atoms. The molecule has 84 valence electrons. The van der Waals surface area contributed by atoms with E-state index in [9.17, 15) is 0 Å². The van der Waals surface area contributed by atoms with E-state index in [0.717, 1.165) is 30.7 Å². The van der Waals surface area contributed by atoms with Gasteiger partial charge in [-0.1, -0.05) is 18.5 Å². The summed E-state index contributed by atoms with van der Waals surface area (Å²) in [7, 11) is 6.00. The quantitative estimate of drug-likeness (QED) is 0.746. The molecule has 0 bridgehead atoms. The van der Waals surface area contributed by atoms with Gasteiger partial charge in [-0.05, 0) is 43.0 Å². The van der Waals surface area contributed by atoms with E-state index in [1.54, 1.807) is 0 Å². The van der Waals surface area contributed by atoms with Crippen molar-refractivity contribution < 1.29 is 4.74 Å². The van der Waals surface area contributed by atoms with Crippen LogP contribution in [0.4, 0.5) is 0 Å². The molecular weight excluding hydrogens is 197 g/mol. The Morgan fingerprint density at radius 1 is 1.50 bits per heavy atom. The first-order chi connectivity index (χ1) is 7.72. The predicted molar refractivity (Wildman–Crippen MR) is 68.0 cm³/mol. The van der Waals surface area contributed by atoms with Crippen molar-refractivity contribution in [1.29, 1.82) is 0 Å². The maximum absolute atomic E-state index is 6.00. The van der Waals surface area contributed by atoms with Crippen LogP contribution in [0.25, 0.3) is 0 Å². The second kappa shape index (κ2) is 4.92. The fraction of sp³-hybridized carbons (Fsp3) is 0.538. The van der Waals surface area contributed by atoms with Crippen molar-refractivity contribution in [3.05, 3.63) is 23.3 Å². The molecule has 1 aliphatic rings. The number of fused-ring (bicyclic) bond motifs is 1. The van der Waals surface area contributed by atoms with Gasteiger partial charge >= 0.3 is 0 Å². The van der Waals surface area contributed by atoms with Crippen LogP contribution in [0, 0.1) is 0 Å². The van der Waals surface area contributed by atoms with E-state index in [0.29, 0.717) is 12.5 Å². The van der Waals surface area contributed by atoms with E-state index < -0.39 is 0 Å². The highest BCUT2D eigenvalue weighted by molar-refractivity contribution is 6.34. The maximum Gasteiger partial charge on any atom is 0.119 e. The molecule has 0 aliphatic carbocycles. The highest BCUT2D eigenvalue weighted by Gasteiger charge is 2.16. The predicted octanol–water partition coefficient (Wildman–Crippen LogP) is 1.13.